The van der Waals surface area contributed by atoms with Crippen LogP contribution in [0.1, 0.15) is 16.1 Å². The van der Waals surface area contributed by atoms with Crippen LogP contribution in [0.5, 0.6) is 0 Å². The summed E-state index contributed by atoms with van der Waals surface area (Å²) in [7, 11) is 1.21. The van der Waals surface area contributed by atoms with E-state index in [1.807, 2.05) is 0 Å². The van der Waals surface area contributed by atoms with Crippen LogP contribution < -0.4 is 5.73 Å². The number of nitrogens with zero attached hydrogens (tertiary/aromatic N) is 2. The third-order valence-corrected chi connectivity index (χ3v) is 3.56. The first-order chi connectivity index (χ1) is 9.86. The number of nitrogens with two attached hydrogens (primary N) is 1. The number of anilines is 1. The zero-order valence-corrected chi connectivity index (χ0v) is 12.7. The topological polar surface area (TPSA) is 78.1 Å². The van der Waals surface area contributed by atoms with E-state index in [2.05, 4.69) is 30.6 Å². The molecule has 0 aliphatic carbocycles. The van der Waals surface area contributed by atoms with E-state index in [1.165, 1.54) is 13.2 Å². The van der Waals surface area contributed by atoms with Gasteiger partial charge < -0.3 is 10.5 Å². The number of methoxy groups -OCH3 is 1. The molecule has 2 N–H and O–H groups in total. The molecule has 2 rings (SSSR count). The van der Waals surface area contributed by atoms with E-state index < -0.39 is 17.6 Å². The maximum Gasteiger partial charge on any atom is 0.343 e. The normalized spacial score (nSPS) is 10.5. The Kier molecular flexibility index (Phi) is 4.17. The molecule has 2 aromatic rings. The van der Waals surface area contributed by atoms with E-state index in [9.17, 15) is 13.6 Å². The Morgan fingerprint density at radius 3 is 2.57 bits per heavy atom. The molecule has 0 spiro atoms. The van der Waals surface area contributed by atoms with Gasteiger partial charge in [-0.3, -0.25) is 0 Å². The van der Waals surface area contributed by atoms with Crippen LogP contribution >= 0.6 is 15.9 Å². The molecular weight excluding hydrogens is 348 g/mol. The number of benzene rings is 1. The molecule has 5 nitrogen and oxygen atoms in total. The van der Waals surface area contributed by atoms with Gasteiger partial charge in [0, 0.05) is 5.56 Å². The van der Waals surface area contributed by atoms with Crippen molar-refractivity contribution in [2.24, 2.45) is 0 Å². The number of aryl methyl sites for hydroxylation is 1. The van der Waals surface area contributed by atoms with Crippen LogP contribution in [0.4, 0.5) is 14.6 Å². The van der Waals surface area contributed by atoms with Crippen molar-refractivity contribution in [2.75, 3.05) is 12.8 Å². The monoisotopic (exact) mass is 357 g/mol. The molecule has 21 heavy (non-hydrogen) atoms. The maximum atomic E-state index is 13.6. The fraction of sp³-hybridized carbons (Fsp3) is 0.154. The lowest BCUT2D eigenvalue weighted by Crippen LogP contribution is -2.12. The molecule has 0 aliphatic heterocycles. The van der Waals surface area contributed by atoms with E-state index in [4.69, 9.17) is 5.73 Å². The SMILES string of the molecule is COC(=O)c1c(C)nc(-c2ccc(F)c(F)c2Br)nc1N. The molecule has 1 aromatic carbocycles. The Morgan fingerprint density at radius 2 is 2.00 bits per heavy atom. The largest absolute Gasteiger partial charge is 0.465 e. The quantitative estimate of drug-likeness (QED) is 0.660. The van der Waals surface area contributed by atoms with Gasteiger partial charge in [-0.1, -0.05) is 0 Å². The van der Waals surface area contributed by atoms with Gasteiger partial charge >= 0.3 is 5.97 Å². The average molecular weight is 358 g/mol. The Balaban J connectivity index is 2.62. The number of carbonyl (C=O) groups excluding carboxylic acids is 1. The van der Waals surface area contributed by atoms with Crippen molar-refractivity contribution < 1.29 is 18.3 Å². The van der Waals surface area contributed by atoms with Gasteiger partial charge in [-0.2, -0.15) is 0 Å². The molecule has 0 saturated carbocycles. The van der Waals surface area contributed by atoms with E-state index >= 15 is 0 Å². The summed E-state index contributed by atoms with van der Waals surface area (Å²) in [5, 5.41) is 0. The van der Waals surface area contributed by atoms with Crippen molar-refractivity contribution in [3.8, 4) is 11.4 Å². The van der Waals surface area contributed by atoms with E-state index in [0.29, 0.717) is 0 Å². The molecule has 0 saturated heterocycles. The van der Waals surface area contributed by atoms with E-state index in [0.717, 1.165) is 6.07 Å². The molecular formula is C13H10BrF2N3O2. The zero-order valence-electron chi connectivity index (χ0n) is 11.1. The first kappa shape index (κ1) is 15.3. The number of ether oxygens (including phenoxy) is 1. The van der Waals surface area contributed by atoms with Crippen LogP contribution in [0.3, 0.4) is 0 Å². The maximum absolute atomic E-state index is 13.6. The second-order valence-corrected chi connectivity index (χ2v) is 4.90. The fourth-order valence-electron chi connectivity index (χ4n) is 1.77. The first-order valence-electron chi connectivity index (χ1n) is 5.73. The molecule has 0 atom stereocenters. The second kappa shape index (κ2) is 5.72. The highest BCUT2D eigenvalue weighted by atomic mass is 79.9. The number of carbonyl (C=O) groups is 1. The number of hydrogen-bond donors (Lipinski definition) is 1. The summed E-state index contributed by atoms with van der Waals surface area (Å²) in [5.74, 6) is -2.74. The molecule has 110 valence electrons. The number of rotatable bonds is 2. The standard InChI is InChI=1S/C13H10BrF2N3O2/c1-5-8(13(20)21-2)11(17)19-12(18-5)6-3-4-7(15)10(16)9(6)14/h3-4H,1-2H3,(H2,17,18,19). The minimum absolute atomic E-state index is 0.0416. The number of esters is 1. The molecule has 8 heteroatoms. The lowest BCUT2D eigenvalue weighted by molar-refractivity contribution is 0.0600. The predicted octanol–water partition coefficient (Wildman–Crippen LogP) is 2.86. The summed E-state index contributed by atoms with van der Waals surface area (Å²) >= 11 is 2.95. The van der Waals surface area contributed by atoms with Crippen molar-refractivity contribution in [3.05, 3.63) is 39.5 Å². The lowest BCUT2D eigenvalue weighted by atomic mass is 10.1. The number of hydrogen-bond acceptors (Lipinski definition) is 5. The minimum Gasteiger partial charge on any atom is -0.465 e. The third-order valence-electron chi connectivity index (χ3n) is 2.78. The predicted molar refractivity (Wildman–Crippen MR) is 75.6 cm³/mol. The van der Waals surface area contributed by atoms with Crippen molar-refractivity contribution >= 4 is 27.7 Å². The zero-order chi connectivity index (χ0) is 15.7. The Labute approximate surface area is 127 Å². The summed E-state index contributed by atoms with van der Waals surface area (Å²) < 4.78 is 31.1. The highest BCUT2D eigenvalue weighted by molar-refractivity contribution is 9.10. The first-order valence-corrected chi connectivity index (χ1v) is 6.52. The van der Waals surface area contributed by atoms with Crippen LogP contribution in [0.2, 0.25) is 0 Å². The Morgan fingerprint density at radius 1 is 1.33 bits per heavy atom. The fourth-order valence-corrected chi connectivity index (χ4v) is 2.27. The van der Waals surface area contributed by atoms with Gasteiger partial charge in [-0.05, 0) is 35.0 Å². The molecule has 1 heterocycles. The highest BCUT2D eigenvalue weighted by Crippen LogP contribution is 2.31. The van der Waals surface area contributed by atoms with Crippen LogP contribution in [0.15, 0.2) is 16.6 Å². The number of aromatic nitrogens is 2. The second-order valence-electron chi connectivity index (χ2n) is 4.11. The van der Waals surface area contributed by atoms with Crippen molar-refractivity contribution in [3.63, 3.8) is 0 Å². The van der Waals surface area contributed by atoms with Crippen LogP contribution in [-0.2, 0) is 4.74 Å². The van der Waals surface area contributed by atoms with Gasteiger partial charge in [0.15, 0.2) is 17.5 Å². The molecule has 0 unspecified atom stereocenters. The van der Waals surface area contributed by atoms with Gasteiger partial charge in [0.25, 0.3) is 0 Å². The van der Waals surface area contributed by atoms with E-state index in [1.54, 1.807) is 6.92 Å². The summed E-state index contributed by atoms with van der Waals surface area (Å²) in [6.45, 7) is 1.54. The average Bonchev–Trinajstić information content (AvgIpc) is 2.43. The van der Waals surface area contributed by atoms with Crippen LogP contribution in [-0.4, -0.2) is 23.0 Å². The molecule has 0 radical (unpaired) electrons. The summed E-state index contributed by atoms with van der Waals surface area (Å²) in [5.41, 5.74) is 6.26. The molecule has 0 bridgehead atoms. The molecule has 0 amide bonds. The van der Waals surface area contributed by atoms with Crippen molar-refractivity contribution in [1.82, 2.24) is 9.97 Å². The number of nitrogen functional groups attached to an aromatic ring is 1. The summed E-state index contributed by atoms with van der Waals surface area (Å²) in [4.78, 5) is 19.6. The summed E-state index contributed by atoms with van der Waals surface area (Å²) in [6, 6.07) is 2.27. The van der Waals surface area contributed by atoms with Crippen molar-refractivity contribution in [1.29, 1.82) is 0 Å². The highest BCUT2D eigenvalue weighted by Gasteiger charge is 2.20. The Hall–Kier alpha value is -2.09. The smallest absolute Gasteiger partial charge is 0.343 e. The third kappa shape index (κ3) is 2.71. The van der Waals surface area contributed by atoms with Crippen LogP contribution in [0, 0.1) is 18.6 Å². The van der Waals surface area contributed by atoms with Gasteiger partial charge in [0.05, 0.1) is 17.3 Å². The number of halogens is 3. The van der Waals surface area contributed by atoms with Gasteiger partial charge in [0.2, 0.25) is 0 Å². The van der Waals surface area contributed by atoms with Crippen molar-refractivity contribution in [2.45, 2.75) is 6.92 Å². The molecule has 0 aliphatic rings. The minimum atomic E-state index is -1.05. The van der Waals surface area contributed by atoms with E-state index in [-0.39, 0.29) is 32.9 Å². The summed E-state index contributed by atoms with van der Waals surface area (Å²) in [6.07, 6.45) is 0. The van der Waals surface area contributed by atoms with Gasteiger partial charge in [-0.15, -0.1) is 0 Å². The molecule has 1 aromatic heterocycles. The van der Waals surface area contributed by atoms with Gasteiger partial charge in [0.1, 0.15) is 11.4 Å². The lowest BCUT2D eigenvalue weighted by Gasteiger charge is -2.10. The Bertz CT molecular complexity index is 715. The van der Waals surface area contributed by atoms with Crippen LogP contribution in [0.25, 0.3) is 11.4 Å². The van der Waals surface area contributed by atoms with Gasteiger partial charge in [-0.25, -0.2) is 23.5 Å². The molecule has 0 fully saturated rings.